The van der Waals surface area contributed by atoms with Gasteiger partial charge in [-0.1, -0.05) is 18.0 Å². The molecule has 19 heavy (non-hydrogen) atoms. The number of nitrogens with one attached hydrogen (secondary N) is 2. The lowest BCUT2D eigenvalue weighted by atomic mass is 10.0. The normalized spacial score (nSPS) is 19.2. The Balaban J connectivity index is 1.78. The largest absolute Gasteiger partial charge is 0.326 e. The van der Waals surface area contributed by atoms with Crippen LogP contribution < -0.4 is 10.6 Å². The van der Waals surface area contributed by atoms with Crippen LogP contribution in [0.5, 0.6) is 0 Å². The lowest BCUT2D eigenvalue weighted by Crippen LogP contribution is -2.34. The van der Waals surface area contributed by atoms with Crippen molar-refractivity contribution in [1.29, 1.82) is 0 Å². The lowest BCUT2D eigenvalue weighted by molar-refractivity contribution is -0.116. The zero-order valence-electron chi connectivity index (χ0n) is 10.7. The maximum atomic E-state index is 13.0. The van der Waals surface area contributed by atoms with Gasteiger partial charge >= 0.3 is 0 Å². The Morgan fingerprint density at radius 1 is 1.47 bits per heavy atom. The van der Waals surface area contributed by atoms with Gasteiger partial charge in [-0.05, 0) is 44.0 Å². The molecular weight excluding hydrogens is 267 g/mol. The third kappa shape index (κ3) is 4.48. The summed E-state index contributed by atoms with van der Waals surface area (Å²) in [7, 11) is 0. The van der Waals surface area contributed by atoms with Crippen LogP contribution in [0, 0.1) is 5.82 Å². The first-order valence-corrected chi connectivity index (χ1v) is 7.01. The van der Waals surface area contributed by atoms with Crippen LogP contribution in [0.3, 0.4) is 0 Å². The van der Waals surface area contributed by atoms with Crippen molar-refractivity contribution >= 4 is 23.2 Å². The molecule has 1 aromatic rings. The zero-order valence-corrected chi connectivity index (χ0v) is 11.5. The third-order valence-electron chi connectivity index (χ3n) is 3.34. The van der Waals surface area contributed by atoms with Gasteiger partial charge in [-0.3, -0.25) is 4.79 Å². The van der Waals surface area contributed by atoms with E-state index in [9.17, 15) is 9.18 Å². The third-order valence-corrected chi connectivity index (χ3v) is 3.63. The number of benzene rings is 1. The minimum atomic E-state index is -0.480. The molecule has 0 radical (unpaired) electrons. The van der Waals surface area contributed by atoms with E-state index in [4.69, 9.17) is 11.6 Å². The first-order chi connectivity index (χ1) is 9.15. The second kappa shape index (κ2) is 6.87. The Bertz CT molecular complexity index is 447. The van der Waals surface area contributed by atoms with Crippen molar-refractivity contribution in [1.82, 2.24) is 5.32 Å². The van der Waals surface area contributed by atoms with Crippen molar-refractivity contribution in [3.63, 3.8) is 0 Å². The van der Waals surface area contributed by atoms with Crippen LogP contribution in [0.15, 0.2) is 18.2 Å². The number of halogens is 2. The van der Waals surface area contributed by atoms with E-state index < -0.39 is 5.82 Å². The molecule has 0 aromatic heterocycles. The highest BCUT2D eigenvalue weighted by Crippen LogP contribution is 2.20. The van der Waals surface area contributed by atoms with Crippen molar-refractivity contribution in [3.05, 3.63) is 29.0 Å². The second-order valence-corrected chi connectivity index (χ2v) is 5.27. The van der Waals surface area contributed by atoms with Gasteiger partial charge in [-0.2, -0.15) is 0 Å². The van der Waals surface area contributed by atoms with E-state index in [-0.39, 0.29) is 10.9 Å². The summed E-state index contributed by atoms with van der Waals surface area (Å²) in [5.41, 5.74) is 0.535. The minimum absolute atomic E-state index is 0.0201. The van der Waals surface area contributed by atoms with E-state index in [1.54, 1.807) is 0 Å². The molecule has 1 aromatic carbocycles. The van der Waals surface area contributed by atoms with Crippen LogP contribution in [0.25, 0.3) is 0 Å². The van der Waals surface area contributed by atoms with Crippen LogP contribution in [0.1, 0.15) is 32.1 Å². The van der Waals surface area contributed by atoms with Crippen LogP contribution in [0.2, 0.25) is 5.02 Å². The van der Waals surface area contributed by atoms with Crippen LogP contribution in [-0.2, 0) is 4.79 Å². The summed E-state index contributed by atoms with van der Waals surface area (Å²) >= 11 is 5.66. The van der Waals surface area contributed by atoms with E-state index in [2.05, 4.69) is 10.6 Å². The van der Waals surface area contributed by atoms with Gasteiger partial charge in [0, 0.05) is 18.2 Å². The van der Waals surface area contributed by atoms with Gasteiger partial charge < -0.3 is 10.6 Å². The second-order valence-electron chi connectivity index (χ2n) is 4.86. The molecule has 2 N–H and O–H groups in total. The average Bonchev–Trinajstić information content (AvgIpc) is 2.42. The minimum Gasteiger partial charge on any atom is -0.326 e. The van der Waals surface area contributed by atoms with E-state index >= 15 is 0 Å². The number of carbonyl (C=O) groups excluding carboxylic acids is 1. The number of hydrogen-bond donors (Lipinski definition) is 2. The summed E-state index contributed by atoms with van der Waals surface area (Å²) in [4.78, 5) is 11.8. The summed E-state index contributed by atoms with van der Waals surface area (Å²) < 4.78 is 13.0. The summed E-state index contributed by atoms with van der Waals surface area (Å²) in [6.07, 6.45) is 4.88. The van der Waals surface area contributed by atoms with Crippen molar-refractivity contribution < 1.29 is 9.18 Å². The highest BCUT2D eigenvalue weighted by molar-refractivity contribution is 6.31. The molecule has 1 unspecified atom stereocenters. The molecule has 1 aliphatic rings. The maximum Gasteiger partial charge on any atom is 0.224 e. The van der Waals surface area contributed by atoms with Crippen LogP contribution in [0.4, 0.5) is 10.1 Å². The number of amides is 1. The standard InChI is InChI=1S/C14H18ClFN2O/c15-12-9-11(4-6-13(12)16)18-14(19)7-5-10-3-1-2-8-17-10/h4,6,9-10,17H,1-3,5,7-8H2,(H,18,19). The van der Waals surface area contributed by atoms with Gasteiger partial charge in [-0.15, -0.1) is 0 Å². The first kappa shape index (κ1) is 14.3. The van der Waals surface area contributed by atoms with Crippen molar-refractivity contribution in [3.8, 4) is 0 Å². The van der Waals surface area contributed by atoms with Gasteiger partial charge in [-0.25, -0.2) is 4.39 Å². The number of anilines is 1. The van der Waals surface area contributed by atoms with E-state index in [0.29, 0.717) is 18.2 Å². The quantitative estimate of drug-likeness (QED) is 0.890. The molecule has 1 aliphatic heterocycles. The van der Waals surface area contributed by atoms with Crippen molar-refractivity contribution in [2.45, 2.75) is 38.1 Å². The number of hydrogen-bond acceptors (Lipinski definition) is 2. The molecule has 0 aliphatic carbocycles. The topological polar surface area (TPSA) is 41.1 Å². The highest BCUT2D eigenvalue weighted by Gasteiger charge is 2.14. The molecule has 1 amide bonds. The van der Waals surface area contributed by atoms with Crippen molar-refractivity contribution in [2.75, 3.05) is 11.9 Å². The van der Waals surface area contributed by atoms with Gasteiger partial charge in [0.1, 0.15) is 5.82 Å². The van der Waals surface area contributed by atoms with Crippen LogP contribution in [-0.4, -0.2) is 18.5 Å². The van der Waals surface area contributed by atoms with E-state index in [1.165, 1.54) is 31.0 Å². The first-order valence-electron chi connectivity index (χ1n) is 6.63. The fraction of sp³-hybridized carbons (Fsp3) is 0.500. The fourth-order valence-electron chi connectivity index (χ4n) is 2.27. The highest BCUT2D eigenvalue weighted by atomic mass is 35.5. The van der Waals surface area contributed by atoms with Crippen molar-refractivity contribution in [2.24, 2.45) is 0 Å². The smallest absolute Gasteiger partial charge is 0.224 e. The molecule has 1 heterocycles. The molecular formula is C14H18ClFN2O. The Hall–Kier alpha value is -1.13. The summed E-state index contributed by atoms with van der Waals surface area (Å²) in [6, 6.07) is 4.63. The molecule has 0 spiro atoms. The SMILES string of the molecule is O=C(CCC1CCCCN1)Nc1ccc(F)c(Cl)c1. The molecule has 1 fully saturated rings. The Morgan fingerprint density at radius 2 is 2.32 bits per heavy atom. The number of piperidine rings is 1. The lowest BCUT2D eigenvalue weighted by Gasteiger charge is -2.23. The summed E-state index contributed by atoms with van der Waals surface area (Å²) in [5.74, 6) is -0.541. The number of carbonyl (C=O) groups is 1. The molecule has 1 saturated heterocycles. The molecule has 5 heteroatoms. The monoisotopic (exact) mass is 284 g/mol. The Labute approximate surface area is 117 Å². The summed E-state index contributed by atoms with van der Waals surface area (Å²) in [5, 5.41) is 6.16. The zero-order chi connectivity index (χ0) is 13.7. The maximum absolute atomic E-state index is 13.0. The summed E-state index contributed by atoms with van der Waals surface area (Å²) in [6.45, 7) is 1.04. The number of rotatable bonds is 4. The molecule has 3 nitrogen and oxygen atoms in total. The van der Waals surface area contributed by atoms with E-state index in [0.717, 1.165) is 19.4 Å². The Kier molecular flexibility index (Phi) is 5.16. The molecule has 0 saturated carbocycles. The Morgan fingerprint density at radius 3 is 3.00 bits per heavy atom. The predicted molar refractivity (Wildman–Crippen MR) is 74.9 cm³/mol. The fourth-order valence-corrected chi connectivity index (χ4v) is 2.45. The average molecular weight is 285 g/mol. The molecule has 0 bridgehead atoms. The van der Waals surface area contributed by atoms with Gasteiger partial charge in [0.05, 0.1) is 5.02 Å². The molecule has 104 valence electrons. The van der Waals surface area contributed by atoms with Gasteiger partial charge in [0.2, 0.25) is 5.91 Å². The molecule has 1 atom stereocenters. The van der Waals surface area contributed by atoms with Crippen LogP contribution >= 0.6 is 11.6 Å². The van der Waals surface area contributed by atoms with E-state index in [1.807, 2.05) is 0 Å². The molecule has 2 rings (SSSR count). The predicted octanol–water partition coefficient (Wildman–Crippen LogP) is 3.34. The van der Waals surface area contributed by atoms with Gasteiger partial charge in [0.15, 0.2) is 0 Å². The van der Waals surface area contributed by atoms with Gasteiger partial charge in [0.25, 0.3) is 0 Å².